The molecule has 0 radical (unpaired) electrons. The molecular formula is C24H20ClN3O2S. The van der Waals surface area contributed by atoms with Gasteiger partial charge in [-0.05, 0) is 54.1 Å². The summed E-state index contributed by atoms with van der Waals surface area (Å²) in [6.07, 6.45) is 5.00. The maximum Gasteiger partial charge on any atom is 0.266 e. The minimum absolute atomic E-state index is 0.103. The second-order valence-electron chi connectivity index (χ2n) is 7.04. The van der Waals surface area contributed by atoms with E-state index < -0.39 is 0 Å². The number of hydrogen-bond donors (Lipinski definition) is 0. The first-order valence-electron chi connectivity index (χ1n) is 9.64. The van der Waals surface area contributed by atoms with E-state index in [0.717, 1.165) is 16.9 Å². The van der Waals surface area contributed by atoms with E-state index >= 15 is 0 Å². The minimum atomic E-state index is -0.103. The summed E-state index contributed by atoms with van der Waals surface area (Å²) in [5.74, 6) is 0.674. The summed E-state index contributed by atoms with van der Waals surface area (Å²) in [5.41, 5.74) is 3.84. The molecule has 7 heteroatoms. The molecule has 1 amide bonds. The predicted molar refractivity (Wildman–Crippen MR) is 127 cm³/mol. The molecule has 0 atom stereocenters. The number of thioether (sulfide) groups is 1. The van der Waals surface area contributed by atoms with Gasteiger partial charge in [-0.1, -0.05) is 53.6 Å². The molecule has 31 heavy (non-hydrogen) atoms. The van der Waals surface area contributed by atoms with Gasteiger partial charge in [0, 0.05) is 19.4 Å². The smallest absolute Gasteiger partial charge is 0.266 e. The van der Waals surface area contributed by atoms with Gasteiger partial charge < -0.3 is 4.74 Å². The van der Waals surface area contributed by atoms with Crippen LogP contribution in [0.25, 0.3) is 6.08 Å². The number of amides is 1. The fourth-order valence-corrected chi connectivity index (χ4v) is 4.02. The Bertz CT molecular complexity index is 1160. The molecule has 1 aliphatic rings. The number of amidine groups is 1. The van der Waals surface area contributed by atoms with E-state index in [9.17, 15) is 4.79 Å². The monoisotopic (exact) mass is 449 g/mol. The van der Waals surface area contributed by atoms with Crippen molar-refractivity contribution in [1.29, 1.82) is 0 Å². The Morgan fingerprint density at radius 2 is 1.87 bits per heavy atom. The van der Waals surface area contributed by atoms with Crippen molar-refractivity contribution in [2.75, 3.05) is 7.05 Å². The van der Waals surface area contributed by atoms with Crippen molar-refractivity contribution in [1.82, 2.24) is 9.88 Å². The van der Waals surface area contributed by atoms with Crippen LogP contribution in [0.3, 0.4) is 0 Å². The van der Waals surface area contributed by atoms with Gasteiger partial charge in [0.15, 0.2) is 5.17 Å². The summed E-state index contributed by atoms with van der Waals surface area (Å²) in [4.78, 5) is 23.2. The molecule has 1 aromatic heterocycles. The van der Waals surface area contributed by atoms with E-state index in [2.05, 4.69) is 41.2 Å². The van der Waals surface area contributed by atoms with Crippen molar-refractivity contribution < 1.29 is 9.53 Å². The summed E-state index contributed by atoms with van der Waals surface area (Å²) in [5, 5.41) is 1.01. The largest absolute Gasteiger partial charge is 0.489 e. The van der Waals surface area contributed by atoms with Gasteiger partial charge in [0.25, 0.3) is 5.91 Å². The zero-order valence-electron chi connectivity index (χ0n) is 17.1. The lowest BCUT2D eigenvalue weighted by Crippen LogP contribution is -2.23. The Balaban J connectivity index is 1.45. The maximum atomic E-state index is 12.6. The molecule has 2 aromatic carbocycles. The highest BCUT2D eigenvalue weighted by Gasteiger charge is 2.30. The molecule has 0 spiro atoms. The van der Waals surface area contributed by atoms with Crippen LogP contribution in [0.2, 0.25) is 5.02 Å². The van der Waals surface area contributed by atoms with Crippen LogP contribution in [0, 0.1) is 6.92 Å². The van der Waals surface area contributed by atoms with Gasteiger partial charge in [-0.3, -0.25) is 14.7 Å². The first-order valence-corrected chi connectivity index (χ1v) is 10.8. The van der Waals surface area contributed by atoms with Crippen LogP contribution in [0.4, 0.5) is 5.69 Å². The van der Waals surface area contributed by atoms with Crippen LogP contribution >= 0.6 is 23.4 Å². The summed E-state index contributed by atoms with van der Waals surface area (Å²) >= 11 is 7.45. The second-order valence-corrected chi connectivity index (χ2v) is 8.46. The van der Waals surface area contributed by atoms with E-state index in [1.807, 2.05) is 30.3 Å². The molecule has 1 saturated heterocycles. The Labute approximate surface area is 190 Å². The molecule has 156 valence electrons. The van der Waals surface area contributed by atoms with E-state index in [4.69, 9.17) is 16.3 Å². The summed E-state index contributed by atoms with van der Waals surface area (Å²) in [6, 6.07) is 17.6. The van der Waals surface area contributed by atoms with Gasteiger partial charge in [0.2, 0.25) is 0 Å². The topological polar surface area (TPSA) is 54.8 Å². The first kappa shape index (κ1) is 21.2. The van der Waals surface area contributed by atoms with Crippen LogP contribution in [0.5, 0.6) is 5.75 Å². The van der Waals surface area contributed by atoms with Crippen LogP contribution in [-0.4, -0.2) is 28.0 Å². The van der Waals surface area contributed by atoms with Gasteiger partial charge in [0.05, 0.1) is 15.6 Å². The van der Waals surface area contributed by atoms with Gasteiger partial charge >= 0.3 is 0 Å². The number of benzene rings is 2. The number of ether oxygens (including phenoxy) is 1. The standard InChI is InChI=1S/C24H20ClN3O2S/c1-16-3-5-18(6-4-16)15-30-19-9-7-17(8-10-19)13-22-23(29)28(2)24(31-22)27-21-11-12-26-14-20(21)25/h3-14H,15H2,1-2H3/b22-13-,27-24?. The lowest BCUT2D eigenvalue weighted by atomic mass is 10.1. The van der Waals surface area contributed by atoms with Gasteiger partial charge in [0.1, 0.15) is 12.4 Å². The molecule has 0 N–H and O–H groups in total. The molecule has 0 aliphatic carbocycles. The first-order chi connectivity index (χ1) is 15.0. The Morgan fingerprint density at radius 3 is 2.58 bits per heavy atom. The van der Waals surface area contributed by atoms with Crippen LogP contribution in [0.15, 0.2) is 76.9 Å². The average Bonchev–Trinajstić information content (AvgIpc) is 3.04. The number of aliphatic imine (C=N–C) groups is 1. The Morgan fingerprint density at radius 1 is 1.13 bits per heavy atom. The van der Waals surface area contributed by atoms with Crippen molar-refractivity contribution in [2.45, 2.75) is 13.5 Å². The average molecular weight is 450 g/mol. The van der Waals surface area contributed by atoms with Crippen molar-refractivity contribution >= 4 is 46.2 Å². The molecule has 0 bridgehead atoms. The third-order valence-electron chi connectivity index (χ3n) is 4.67. The number of hydrogen-bond acceptors (Lipinski definition) is 5. The number of rotatable bonds is 5. The molecule has 4 rings (SSSR count). The molecule has 5 nitrogen and oxygen atoms in total. The number of halogens is 1. The van der Waals surface area contributed by atoms with Crippen molar-refractivity contribution in [3.05, 3.63) is 93.6 Å². The SMILES string of the molecule is Cc1ccc(COc2ccc(/C=C3\SC(=Nc4ccncc4Cl)N(C)C3=O)cc2)cc1. The quantitative estimate of drug-likeness (QED) is 0.458. The Hall–Kier alpha value is -3.09. The summed E-state index contributed by atoms with van der Waals surface area (Å²) in [6.45, 7) is 2.57. The third kappa shape index (κ3) is 5.16. The molecule has 1 fully saturated rings. The highest BCUT2D eigenvalue weighted by molar-refractivity contribution is 8.18. The normalized spacial score (nSPS) is 16.4. The fraction of sp³-hybridized carbons (Fsp3) is 0.125. The summed E-state index contributed by atoms with van der Waals surface area (Å²) in [7, 11) is 1.70. The van der Waals surface area contributed by atoms with Crippen molar-refractivity contribution in [3.63, 3.8) is 0 Å². The van der Waals surface area contributed by atoms with Crippen LogP contribution in [0.1, 0.15) is 16.7 Å². The number of carbonyl (C=O) groups excluding carboxylic acids is 1. The second kappa shape index (κ2) is 9.37. The summed E-state index contributed by atoms with van der Waals surface area (Å²) < 4.78 is 5.85. The van der Waals surface area contributed by atoms with Gasteiger partial charge in [-0.15, -0.1) is 0 Å². The number of carbonyl (C=O) groups is 1. The number of aromatic nitrogens is 1. The predicted octanol–water partition coefficient (Wildman–Crippen LogP) is 5.86. The number of likely N-dealkylation sites (N-methyl/N-ethyl adjacent to an activating group) is 1. The highest BCUT2D eigenvalue weighted by atomic mass is 35.5. The van der Waals surface area contributed by atoms with E-state index in [1.54, 1.807) is 19.3 Å². The molecule has 3 aromatic rings. The number of nitrogens with zero attached hydrogens (tertiary/aromatic N) is 3. The number of aryl methyl sites for hydroxylation is 1. The molecule has 2 heterocycles. The number of pyridine rings is 1. The van der Waals surface area contributed by atoms with Gasteiger partial charge in [-0.2, -0.15) is 0 Å². The van der Waals surface area contributed by atoms with Gasteiger partial charge in [-0.25, -0.2) is 4.99 Å². The van der Waals surface area contributed by atoms with Crippen molar-refractivity contribution in [3.8, 4) is 5.75 Å². The lowest BCUT2D eigenvalue weighted by Gasteiger charge is -2.07. The van der Waals surface area contributed by atoms with Crippen molar-refractivity contribution in [2.24, 2.45) is 4.99 Å². The van der Waals surface area contributed by atoms with E-state index in [-0.39, 0.29) is 5.91 Å². The van der Waals surface area contributed by atoms with Crippen LogP contribution < -0.4 is 4.74 Å². The molecular weight excluding hydrogens is 430 g/mol. The highest BCUT2D eigenvalue weighted by Crippen LogP contribution is 2.34. The van der Waals surface area contributed by atoms with Crippen LogP contribution in [-0.2, 0) is 11.4 Å². The zero-order valence-corrected chi connectivity index (χ0v) is 18.7. The molecule has 0 unspecified atom stereocenters. The Kier molecular flexibility index (Phi) is 6.39. The minimum Gasteiger partial charge on any atom is -0.489 e. The molecule has 0 saturated carbocycles. The third-order valence-corrected chi connectivity index (χ3v) is 6.03. The molecule has 1 aliphatic heterocycles. The zero-order chi connectivity index (χ0) is 21.8. The lowest BCUT2D eigenvalue weighted by molar-refractivity contribution is -0.121. The maximum absolute atomic E-state index is 12.6. The van der Waals surface area contributed by atoms with E-state index in [1.165, 1.54) is 28.4 Å². The fourth-order valence-electron chi connectivity index (χ4n) is 2.88. The van der Waals surface area contributed by atoms with E-state index in [0.29, 0.717) is 27.4 Å².